The largest absolute Gasteiger partial charge is 0.484 e. The summed E-state index contributed by atoms with van der Waals surface area (Å²) in [6.07, 6.45) is 2.78. The Kier molecular flexibility index (Phi) is 10.8. The maximum absolute atomic E-state index is 13.8. The monoisotopic (exact) mass is 654 g/mol. The van der Waals surface area contributed by atoms with Gasteiger partial charge < -0.3 is 25.4 Å². The summed E-state index contributed by atoms with van der Waals surface area (Å²) in [6, 6.07) is 23.3. The van der Waals surface area contributed by atoms with Crippen molar-refractivity contribution in [1.29, 1.82) is 0 Å². The van der Waals surface area contributed by atoms with Crippen molar-refractivity contribution in [3.05, 3.63) is 96.1 Å². The van der Waals surface area contributed by atoms with Crippen LogP contribution < -0.4 is 20.3 Å². The van der Waals surface area contributed by atoms with E-state index in [1.54, 1.807) is 48.2 Å². The molecule has 0 radical (unpaired) electrons. The number of aliphatic carboxylic acids is 1. The first kappa shape index (κ1) is 34.2. The van der Waals surface area contributed by atoms with Crippen LogP contribution in [0.25, 0.3) is 0 Å². The SMILES string of the molecule is CC(=O)NCCC1(C(=O)NC(Cc2ccc(N3C(=O)C(C)N(C(=O)COc4ccccc4)C3c3ccccc3)cc2)C(=O)O)CCCC1. The van der Waals surface area contributed by atoms with Crippen molar-refractivity contribution in [2.75, 3.05) is 18.1 Å². The minimum absolute atomic E-state index is 0.0387. The smallest absolute Gasteiger partial charge is 0.326 e. The highest BCUT2D eigenvalue weighted by molar-refractivity contribution is 6.03. The molecule has 2 aliphatic rings. The van der Waals surface area contributed by atoms with Crippen LogP contribution in [-0.2, 0) is 30.4 Å². The summed E-state index contributed by atoms with van der Waals surface area (Å²) >= 11 is 0. The fourth-order valence-electron chi connectivity index (χ4n) is 6.73. The summed E-state index contributed by atoms with van der Waals surface area (Å²) in [5.41, 5.74) is 1.24. The van der Waals surface area contributed by atoms with Gasteiger partial charge in [-0.05, 0) is 61.6 Å². The molecule has 0 bridgehead atoms. The highest BCUT2D eigenvalue weighted by Crippen LogP contribution is 2.42. The lowest BCUT2D eigenvalue weighted by molar-refractivity contribution is -0.144. The molecule has 0 spiro atoms. The Morgan fingerprint density at radius 3 is 2.17 bits per heavy atom. The molecule has 48 heavy (non-hydrogen) atoms. The Balaban J connectivity index is 1.33. The van der Waals surface area contributed by atoms with Crippen LogP contribution in [0, 0.1) is 5.41 Å². The van der Waals surface area contributed by atoms with E-state index < -0.39 is 29.6 Å². The third-order valence-corrected chi connectivity index (χ3v) is 9.29. The highest BCUT2D eigenvalue weighted by Gasteiger charge is 2.48. The molecule has 252 valence electrons. The van der Waals surface area contributed by atoms with E-state index in [1.807, 2.05) is 48.5 Å². The number of hydrogen-bond acceptors (Lipinski definition) is 6. The van der Waals surface area contributed by atoms with Gasteiger partial charge in [0.15, 0.2) is 6.61 Å². The number of nitrogens with one attached hydrogen (secondary N) is 2. The highest BCUT2D eigenvalue weighted by atomic mass is 16.5. The molecule has 1 heterocycles. The van der Waals surface area contributed by atoms with Gasteiger partial charge >= 0.3 is 5.97 Å². The number of carboxylic acid groups (broad SMARTS) is 1. The molecule has 11 nitrogen and oxygen atoms in total. The van der Waals surface area contributed by atoms with Gasteiger partial charge in [0.1, 0.15) is 24.0 Å². The van der Waals surface area contributed by atoms with Gasteiger partial charge in [-0.2, -0.15) is 0 Å². The van der Waals surface area contributed by atoms with E-state index >= 15 is 0 Å². The molecule has 4 amide bonds. The summed E-state index contributed by atoms with van der Waals surface area (Å²) in [5.74, 6) is -1.69. The van der Waals surface area contributed by atoms with Crippen molar-refractivity contribution in [2.45, 2.75) is 70.6 Å². The molecular weight excluding hydrogens is 612 g/mol. The van der Waals surface area contributed by atoms with Crippen LogP contribution in [0.2, 0.25) is 0 Å². The van der Waals surface area contributed by atoms with E-state index in [4.69, 9.17) is 4.74 Å². The van der Waals surface area contributed by atoms with Crippen molar-refractivity contribution < 1.29 is 33.8 Å². The second kappa shape index (κ2) is 15.1. The predicted molar refractivity (Wildman–Crippen MR) is 179 cm³/mol. The van der Waals surface area contributed by atoms with Gasteiger partial charge in [0.05, 0.1) is 5.41 Å². The molecule has 3 N–H and O–H groups in total. The zero-order chi connectivity index (χ0) is 34.3. The lowest BCUT2D eigenvalue weighted by atomic mass is 9.81. The number of para-hydroxylation sites is 1. The van der Waals surface area contributed by atoms with Crippen molar-refractivity contribution in [1.82, 2.24) is 15.5 Å². The van der Waals surface area contributed by atoms with Crippen LogP contribution in [0.3, 0.4) is 0 Å². The van der Waals surface area contributed by atoms with E-state index in [-0.39, 0.29) is 36.7 Å². The number of rotatable bonds is 13. The third-order valence-electron chi connectivity index (χ3n) is 9.29. The molecule has 0 aromatic heterocycles. The van der Waals surface area contributed by atoms with Crippen LogP contribution >= 0.6 is 0 Å². The average Bonchev–Trinajstić information content (AvgIpc) is 3.67. The van der Waals surface area contributed by atoms with Crippen LogP contribution in [0.1, 0.15) is 63.2 Å². The summed E-state index contributed by atoms with van der Waals surface area (Å²) in [5, 5.41) is 15.5. The topological polar surface area (TPSA) is 145 Å². The van der Waals surface area contributed by atoms with Crippen LogP contribution in [0.5, 0.6) is 5.75 Å². The average molecular weight is 655 g/mol. The van der Waals surface area contributed by atoms with Gasteiger partial charge in [0.25, 0.3) is 11.8 Å². The van der Waals surface area contributed by atoms with E-state index in [0.29, 0.717) is 42.8 Å². The zero-order valence-electron chi connectivity index (χ0n) is 27.3. The predicted octanol–water partition coefficient (Wildman–Crippen LogP) is 4.23. The first-order chi connectivity index (χ1) is 23.1. The standard InChI is InChI=1S/C37H42N4O7/c1-25-34(44)41(33(28-11-5-3-6-12-28)40(25)32(43)24-48-30-13-7-4-8-14-30)29-17-15-27(16-18-29)23-31(35(45)46)39-36(47)37(19-9-10-20-37)21-22-38-26(2)42/h3-8,11-18,25,31,33H,9-10,19-24H2,1-2H3,(H,38,42)(H,39,47)(H,45,46). The molecular formula is C37H42N4O7. The quantitative estimate of drug-likeness (QED) is 0.250. The van der Waals surface area contributed by atoms with Crippen molar-refractivity contribution in [2.24, 2.45) is 5.41 Å². The van der Waals surface area contributed by atoms with Gasteiger partial charge in [-0.1, -0.05) is 73.5 Å². The molecule has 1 saturated heterocycles. The molecule has 3 unspecified atom stereocenters. The molecule has 11 heteroatoms. The van der Waals surface area contributed by atoms with Crippen molar-refractivity contribution >= 4 is 35.3 Å². The molecule has 1 aliphatic heterocycles. The maximum atomic E-state index is 13.8. The summed E-state index contributed by atoms with van der Waals surface area (Å²) < 4.78 is 5.74. The Morgan fingerprint density at radius 1 is 0.938 bits per heavy atom. The van der Waals surface area contributed by atoms with Gasteiger partial charge in [-0.25, -0.2) is 4.79 Å². The van der Waals surface area contributed by atoms with Gasteiger partial charge in [-0.15, -0.1) is 0 Å². The first-order valence-electron chi connectivity index (χ1n) is 16.3. The number of carboxylic acids is 1. The second-order valence-electron chi connectivity index (χ2n) is 12.5. The summed E-state index contributed by atoms with van der Waals surface area (Å²) in [4.78, 5) is 67.6. The van der Waals surface area contributed by atoms with Crippen molar-refractivity contribution in [3.63, 3.8) is 0 Å². The third kappa shape index (κ3) is 7.67. The zero-order valence-corrected chi connectivity index (χ0v) is 27.3. The summed E-state index contributed by atoms with van der Waals surface area (Å²) in [7, 11) is 0. The number of nitrogens with zero attached hydrogens (tertiary/aromatic N) is 2. The molecule has 3 aromatic rings. The second-order valence-corrected chi connectivity index (χ2v) is 12.5. The molecule has 3 aromatic carbocycles. The van der Waals surface area contributed by atoms with E-state index in [1.165, 1.54) is 11.8 Å². The maximum Gasteiger partial charge on any atom is 0.326 e. The van der Waals surface area contributed by atoms with Crippen LogP contribution in [0.15, 0.2) is 84.9 Å². The Bertz CT molecular complexity index is 1610. The minimum Gasteiger partial charge on any atom is -0.484 e. The van der Waals surface area contributed by atoms with Crippen LogP contribution in [-0.4, -0.2) is 64.8 Å². The van der Waals surface area contributed by atoms with Gasteiger partial charge in [0.2, 0.25) is 11.8 Å². The molecule has 2 fully saturated rings. The van der Waals surface area contributed by atoms with Gasteiger partial charge in [0, 0.05) is 25.6 Å². The normalized spacial score (nSPS) is 19.1. The number of hydrogen-bond donors (Lipinski definition) is 3. The minimum atomic E-state index is -1.16. The number of carbonyl (C=O) groups excluding carboxylic acids is 4. The first-order valence-corrected chi connectivity index (χ1v) is 16.3. The van der Waals surface area contributed by atoms with E-state index in [0.717, 1.165) is 18.4 Å². The van der Waals surface area contributed by atoms with Gasteiger partial charge in [-0.3, -0.25) is 24.1 Å². The number of anilines is 1. The lowest BCUT2D eigenvalue weighted by Gasteiger charge is -2.31. The lowest BCUT2D eigenvalue weighted by Crippen LogP contribution is -2.49. The fraction of sp³-hybridized carbons (Fsp3) is 0.378. The summed E-state index contributed by atoms with van der Waals surface area (Å²) in [6.45, 7) is 3.23. The van der Waals surface area contributed by atoms with E-state index in [2.05, 4.69) is 10.6 Å². The molecule has 5 rings (SSSR count). The Hall–Kier alpha value is -5.19. The van der Waals surface area contributed by atoms with E-state index in [9.17, 15) is 29.1 Å². The number of benzene rings is 3. The Labute approximate surface area is 280 Å². The van der Waals surface area contributed by atoms with Crippen molar-refractivity contribution in [3.8, 4) is 5.75 Å². The fourth-order valence-corrected chi connectivity index (χ4v) is 6.73. The Morgan fingerprint density at radius 2 is 1.56 bits per heavy atom. The molecule has 3 atom stereocenters. The molecule has 1 aliphatic carbocycles. The number of ether oxygens (including phenoxy) is 1. The number of amides is 4. The number of carbonyl (C=O) groups is 5. The van der Waals surface area contributed by atoms with Crippen LogP contribution in [0.4, 0.5) is 5.69 Å². The molecule has 1 saturated carbocycles.